The predicted molar refractivity (Wildman–Crippen MR) is 89.2 cm³/mol. The zero-order valence-electron chi connectivity index (χ0n) is 10.7. The molecule has 0 amide bonds. The van der Waals surface area contributed by atoms with Gasteiger partial charge in [0.25, 0.3) is 0 Å². The summed E-state index contributed by atoms with van der Waals surface area (Å²) >= 11 is 6.76. The van der Waals surface area contributed by atoms with Gasteiger partial charge in [-0.2, -0.15) is 0 Å². The van der Waals surface area contributed by atoms with Gasteiger partial charge in [-0.25, -0.2) is 4.39 Å². The number of halogens is 3. The summed E-state index contributed by atoms with van der Waals surface area (Å²) < 4.78 is 15.4. The predicted octanol–water partition coefficient (Wildman–Crippen LogP) is 5.73. The molecule has 3 aromatic rings. The van der Waals surface area contributed by atoms with Gasteiger partial charge in [0.05, 0.1) is 0 Å². The van der Waals surface area contributed by atoms with Crippen LogP contribution in [0.3, 0.4) is 0 Å². The van der Waals surface area contributed by atoms with E-state index in [1.807, 2.05) is 12.1 Å². The highest BCUT2D eigenvalue weighted by Crippen LogP contribution is 2.28. The van der Waals surface area contributed by atoms with E-state index in [1.54, 1.807) is 30.3 Å². The molecule has 4 heteroatoms. The Bertz CT molecular complexity index is 859. The zero-order chi connectivity index (χ0) is 15.0. The lowest BCUT2D eigenvalue weighted by atomic mass is 9.97. The fourth-order valence-electron chi connectivity index (χ4n) is 2.28. The number of rotatable bonds is 2. The van der Waals surface area contributed by atoms with E-state index in [2.05, 4.69) is 31.9 Å². The lowest BCUT2D eigenvalue weighted by Gasteiger charge is -2.08. The minimum absolute atomic E-state index is 0.134. The molecule has 21 heavy (non-hydrogen) atoms. The number of hydrogen-bond acceptors (Lipinski definition) is 1. The van der Waals surface area contributed by atoms with E-state index in [4.69, 9.17) is 0 Å². The molecule has 0 saturated heterocycles. The van der Waals surface area contributed by atoms with Crippen LogP contribution in [0.25, 0.3) is 10.8 Å². The van der Waals surface area contributed by atoms with Gasteiger partial charge < -0.3 is 0 Å². The number of ketones is 1. The van der Waals surface area contributed by atoms with Crippen LogP contribution < -0.4 is 0 Å². The minimum atomic E-state index is -0.322. The average Bonchev–Trinajstić information content (AvgIpc) is 2.47. The van der Waals surface area contributed by atoms with E-state index in [0.717, 1.165) is 4.47 Å². The maximum atomic E-state index is 13.8. The second kappa shape index (κ2) is 5.70. The fourth-order valence-corrected chi connectivity index (χ4v) is 3.51. The molecule has 0 unspecified atom stereocenters. The summed E-state index contributed by atoms with van der Waals surface area (Å²) in [6.07, 6.45) is 0. The van der Waals surface area contributed by atoms with Crippen molar-refractivity contribution in [2.24, 2.45) is 0 Å². The number of benzene rings is 3. The Balaban J connectivity index is 2.21. The van der Waals surface area contributed by atoms with Crippen molar-refractivity contribution >= 4 is 48.4 Å². The zero-order valence-corrected chi connectivity index (χ0v) is 13.9. The van der Waals surface area contributed by atoms with E-state index >= 15 is 0 Å². The van der Waals surface area contributed by atoms with E-state index in [0.29, 0.717) is 26.4 Å². The third kappa shape index (κ3) is 2.65. The van der Waals surface area contributed by atoms with Crippen LogP contribution in [0.1, 0.15) is 15.9 Å². The number of hydrogen-bond donors (Lipinski definition) is 0. The quantitative estimate of drug-likeness (QED) is 0.495. The first-order chi connectivity index (χ1) is 10.1. The maximum Gasteiger partial charge on any atom is 0.194 e. The van der Waals surface area contributed by atoms with Gasteiger partial charge in [-0.3, -0.25) is 4.79 Å². The van der Waals surface area contributed by atoms with Gasteiger partial charge in [0, 0.05) is 25.5 Å². The summed E-state index contributed by atoms with van der Waals surface area (Å²) in [6.45, 7) is 0. The molecule has 1 nitrogen and oxygen atoms in total. The first kappa shape index (κ1) is 14.4. The van der Waals surface area contributed by atoms with Gasteiger partial charge in [0.15, 0.2) is 5.78 Å². The fraction of sp³-hybridized carbons (Fsp3) is 0. The molecule has 0 fully saturated rings. The molecule has 104 valence electrons. The van der Waals surface area contributed by atoms with Gasteiger partial charge in [0.1, 0.15) is 5.82 Å². The van der Waals surface area contributed by atoms with Crippen molar-refractivity contribution in [1.29, 1.82) is 0 Å². The number of fused-ring (bicyclic) bond motifs is 1. The molecule has 0 aliphatic rings. The van der Waals surface area contributed by atoms with Crippen LogP contribution in [0.5, 0.6) is 0 Å². The highest BCUT2D eigenvalue weighted by atomic mass is 79.9. The maximum absolute atomic E-state index is 13.8. The van der Waals surface area contributed by atoms with E-state index in [-0.39, 0.29) is 11.6 Å². The Morgan fingerprint density at radius 3 is 2.24 bits per heavy atom. The van der Waals surface area contributed by atoms with E-state index < -0.39 is 0 Å². The van der Waals surface area contributed by atoms with Crippen LogP contribution in [0.15, 0.2) is 63.5 Å². The molecule has 0 aliphatic heterocycles. The SMILES string of the molecule is O=C(c1ccc(Br)cc1Br)c1ccc(F)c2ccccc12. The second-order valence-electron chi connectivity index (χ2n) is 4.59. The molecule has 3 aromatic carbocycles. The molecule has 0 bridgehead atoms. The first-order valence-electron chi connectivity index (χ1n) is 6.25. The Hall–Kier alpha value is -1.52. The van der Waals surface area contributed by atoms with Gasteiger partial charge in [-0.15, -0.1) is 0 Å². The van der Waals surface area contributed by atoms with E-state index in [1.165, 1.54) is 12.1 Å². The van der Waals surface area contributed by atoms with E-state index in [9.17, 15) is 9.18 Å². The summed E-state index contributed by atoms with van der Waals surface area (Å²) in [6, 6.07) is 15.2. The molecule has 0 spiro atoms. The summed E-state index contributed by atoms with van der Waals surface area (Å²) in [5.74, 6) is -0.456. The van der Waals surface area contributed by atoms with Crippen molar-refractivity contribution in [3.8, 4) is 0 Å². The standard InChI is InChI=1S/C17H9Br2FO/c18-10-5-6-14(15(19)9-10)17(21)13-7-8-16(20)12-4-2-1-3-11(12)13/h1-9H. The molecule has 3 rings (SSSR count). The summed E-state index contributed by atoms with van der Waals surface area (Å²) in [5.41, 5.74) is 1.05. The van der Waals surface area contributed by atoms with Crippen LogP contribution in [0, 0.1) is 5.82 Å². The summed E-state index contributed by atoms with van der Waals surface area (Å²) in [5, 5.41) is 1.08. The Labute approximate surface area is 138 Å². The monoisotopic (exact) mass is 406 g/mol. The third-order valence-corrected chi connectivity index (χ3v) is 4.44. The lowest BCUT2D eigenvalue weighted by Crippen LogP contribution is -2.04. The minimum Gasteiger partial charge on any atom is -0.289 e. The topological polar surface area (TPSA) is 17.1 Å². The van der Waals surface area contributed by atoms with Gasteiger partial charge in [-0.05, 0) is 51.6 Å². The smallest absolute Gasteiger partial charge is 0.194 e. The Morgan fingerprint density at radius 2 is 1.52 bits per heavy atom. The van der Waals surface area contributed by atoms with Crippen molar-refractivity contribution < 1.29 is 9.18 Å². The van der Waals surface area contributed by atoms with Crippen LogP contribution in [0.2, 0.25) is 0 Å². The van der Waals surface area contributed by atoms with Gasteiger partial charge in [-0.1, -0.05) is 40.2 Å². The largest absolute Gasteiger partial charge is 0.289 e. The van der Waals surface area contributed by atoms with Crippen LogP contribution in [-0.2, 0) is 0 Å². The van der Waals surface area contributed by atoms with Crippen LogP contribution >= 0.6 is 31.9 Å². The highest BCUT2D eigenvalue weighted by molar-refractivity contribution is 9.11. The summed E-state index contributed by atoms with van der Waals surface area (Å²) in [4.78, 5) is 12.7. The molecule has 0 saturated carbocycles. The third-order valence-electron chi connectivity index (χ3n) is 3.29. The van der Waals surface area contributed by atoms with Gasteiger partial charge >= 0.3 is 0 Å². The Kier molecular flexibility index (Phi) is 3.91. The lowest BCUT2D eigenvalue weighted by molar-refractivity contribution is 0.103. The number of carbonyl (C=O) groups excluding carboxylic acids is 1. The second-order valence-corrected chi connectivity index (χ2v) is 6.36. The van der Waals surface area contributed by atoms with Crippen molar-refractivity contribution in [3.05, 3.63) is 80.5 Å². The first-order valence-corrected chi connectivity index (χ1v) is 7.83. The molecule has 0 aliphatic carbocycles. The summed E-state index contributed by atoms with van der Waals surface area (Å²) in [7, 11) is 0. The molecular weight excluding hydrogens is 399 g/mol. The van der Waals surface area contributed by atoms with Gasteiger partial charge in [0.2, 0.25) is 0 Å². The highest BCUT2D eigenvalue weighted by Gasteiger charge is 2.16. The molecule has 0 atom stereocenters. The molecule has 0 radical (unpaired) electrons. The van der Waals surface area contributed by atoms with Crippen molar-refractivity contribution in [2.75, 3.05) is 0 Å². The van der Waals surface area contributed by atoms with Crippen molar-refractivity contribution in [2.45, 2.75) is 0 Å². The van der Waals surface area contributed by atoms with Crippen molar-refractivity contribution in [3.63, 3.8) is 0 Å². The average molecular weight is 408 g/mol. The molecule has 0 aromatic heterocycles. The van der Waals surface area contributed by atoms with Crippen LogP contribution in [-0.4, -0.2) is 5.78 Å². The molecular formula is C17H9Br2FO. The van der Waals surface area contributed by atoms with Crippen molar-refractivity contribution in [1.82, 2.24) is 0 Å². The molecule has 0 heterocycles. The molecule has 0 N–H and O–H groups in total. The van der Waals surface area contributed by atoms with Crippen LogP contribution in [0.4, 0.5) is 4.39 Å². The number of carbonyl (C=O) groups is 1. The normalized spacial score (nSPS) is 10.8. The Morgan fingerprint density at radius 1 is 0.857 bits per heavy atom.